The smallest absolute Gasteiger partial charge is 0.382 e. The second-order valence-corrected chi connectivity index (χ2v) is 6.63. The number of ether oxygens (including phenoxy) is 1. The average Bonchev–Trinajstić information content (AvgIpc) is 1.88. The molecule has 1 aliphatic heterocycles. The molecule has 1 aliphatic rings. The summed E-state index contributed by atoms with van der Waals surface area (Å²) in [5.41, 5.74) is 1.65. The van der Waals surface area contributed by atoms with E-state index in [-0.39, 0.29) is 10.9 Å². The number of hydrogen-bond donors (Lipinski definition) is 0. The van der Waals surface area contributed by atoms with Crippen molar-refractivity contribution in [2.45, 2.75) is 44.4 Å². The Labute approximate surface area is 67.5 Å². The van der Waals surface area contributed by atoms with Crippen LogP contribution in [-0.2, 0) is 4.74 Å². The Bertz CT molecular complexity index is 92.1. The Morgan fingerprint density at radius 1 is 1.50 bits per heavy atom. The van der Waals surface area contributed by atoms with Crippen LogP contribution >= 0.6 is 0 Å². The molecule has 0 bridgehead atoms. The standard InChI is InChI=1S/C8H18OSi/c1-7(2)10-8-5-3-4-6-9-8/h7-8H,3-6,10H2,1-2H3/p+1. The summed E-state index contributed by atoms with van der Waals surface area (Å²) in [6, 6.07) is 0. The van der Waals surface area contributed by atoms with E-state index in [1.54, 1.807) is 0 Å². The minimum atomic E-state index is 0. The van der Waals surface area contributed by atoms with Gasteiger partial charge in [0, 0.05) is 12.3 Å². The summed E-state index contributed by atoms with van der Waals surface area (Å²) >= 11 is 0. The Balaban J connectivity index is 0.000001000. The third kappa shape index (κ3) is 2.84. The topological polar surface area (TPSA) is 9.23 Å². The fourth-order valence-electron chi connectivity index (χ4n) is 1.52. The van der Waals surface area contributed by atoms with Crippen molar-refractivity contribution in [1.82, 2.24) is 0 Å². The lowest BCUT2D eigenvalue weighted by atomic mass is 10.2. The van der Waals surface area contributed by atoms with Crippen molar-refractivity contribution in [2.75, 3.05) is 6.61 Å². The molecule has 0 spiro atoms. The lowest BCUT2D eigenvalue weighted by Gasteiger charge is -2.23. The lowest BCUT2D eigenvalue weighted by Crippen LogP contribution is -2.26. The van der Waals surface area contributed by atoms with Crippen LogP contribution in [0.4, 0.5) is 0 Å². The fourth-order valence-corrected chi connectivity index (χ4v) is 3.40. The highest BCUT2D eigenvalue weighted by Crippen LogP contribution is 2.15. The second kappa shape index (κ2) is 4.14. The normalized spacial score (nSPS) is 28.5. The van der Waals surface area contributed by atoms with E-state index in [1.165, 1.54) is 19.3 Å². The van der Waals surface area contributed by atoms with E-state index in [1.807, 2.05) is 0 Å². The van der Waals surface area contributed by atoms with Crippen LogP contribution in [-0.4, -0.2) is 21.9 Å². The van der Waals surface area contributed by atoms with Crippen molar-refractivity contribution < 1.29 is 6.16 Å². The molecule has 1 rings (SSSR count). The van der Waals surface area contributed by atoms with E-state index in [0.717, 1.165) is 12.1 Å². The van der Waals surface area contributed by atoms with Crippen molar-refractivity contribution in [3.63, 3.8) is 0 Å². The SMILES string of the molecule is CC(C)[SiH2]C1CCCCO1.[H+]. The molecule has 0 saturated carbocycles. The van der Waals surface area contributed by atoms with Gasteiger partial charge in [-0.2, -0.15) is 0 Å². The zero-order valence-electron chi connectivity index (χ0n) is 8.10. The zero-order valence-corrected chi connectivity index (χ0v) is 8.51. The summed E-state index contributed by atoms with van der Waals surface area (Å²) in [5, 5.41) is 0. The molecule has 1 saturated heterocycles. The van der Waals surface area contributed by atoms with Crippen LogP contribution in [0.3, 0.4) is 0 Å². The van der Waals surface area contributed by atoms with Crippen molar-refractivity contribution in [1.29, 1.82) is 0 Å². The van der Waals surface area contributed by atoms with Gasteiger partial charge >= 0.3 is 1.43 Å². The highest BCUT2D eigenvalue weighted by molar-refractivity contribution is 6.39. The zero-order chi connectivity index (χ0) is 7.40. The van der Waals surface area contributed by atoms with Crippen LogP contribution in [0.1, 0.15) is 34.5 Å². The molecule has 0 amide bonds. The molecule has 1 unspecified atom stereocenters. The van der Waals surface area contributed by atoms with Gasteiger partial charge in [-0.25, -0.2) is 0 Å². The first-order valence-electron chi connectivity index (χ1n) is 4.40. The lowest BCUT2D eigenvalue weighted by molar-refractivity contribution is 0.0645. The molecule has 0 aromatic heterocycles. The van der Waals surface area contributed by atoms with Gasteiger partial charge in [0.05, 0.1) is 9.52 Å². The van der Waals surface area contributed by atoms with Gasteiger partial charge in [0.2, 0.25) is 0 Å². The van der Waals surface area contributed by atoms with E-state index >= 15 is 0 Å². The number of hydrogen-bond acceptors (Lipinski definition) is 1. The summed E-state index contributed by atoms with van der Waals surface area (Å²) in [4.78, 5) is 0. The molecule has 2 heteroatoms. The third-order valence-electron chi connectivity index (χ3n) is 2.01. The summed E-state index contributed by atoms with van der Waals surface area (Å²) in [7, 11) is 0.0781. The molecule has 0 aliphatic carbocycles. The summed E-state index contributed by atoms with van der Waals surface area (Å²) in [6.45, 7) is 5.68. The van der Waals surface area contributed by atoms with Crippen LogP contribution in [0.15, 0.2) is 0 Å². The highest BCUT2D eigenvalue weighted by Gasteiger charge is 2.14. The third-order valence-corrected chi connectivity index (χ3v) is 4.12. The minimum absolute atomic E-state index is 0. The maximum absolute atomic E-state index is 5.65. The van der Waals surface area contributed by atoms with Gasteiger partial charge in [-0.05, 0) is 19.3 Å². The van der Waals surface area contributed by atoms with Gasteiger partial charge in [0.1, 0.15) is 0 Å². The van der Waals surface area contributed by atoms with Crippen LogP contribution in [0.5, 0.6) is 0 Å². The molecule has 0 aromatic carbocycles. The van der Waals surface area contributed by atoms with Crippen LogP contribution in [0, 0.1) is 0 Å². The molecule has 10 heavy (non-hydrogen) atoms. The second-order valence-electron chi connectivity index (χ2n) is 3.62. The molecular weight excluding hydrogens is 140 g/mol. The van der Waals surface area contributed by atoms with Gasteiger partial charge < -0.3 is 4.74 Å². The summed E-state index contributed by atoms with van der Waals surface area (Å²) in [5.74, 6) is 0. The van der Waals surface area contributed by atoms with Crippen LogP contribution < -0.4 is 0 Å². The predicted octanol–water partition coefficient (Wildman–Crippen LogP) is 1.62. The van der Waals surface area contributed by atoms with E-state index in [4.69, 9.17) is 4.74 Å². The first-order valence-corrected chi connectivity index (χ1v) is 6.04. The summed E-state index contributed by atoms with van der Waals surface area (Å²) < 4.78 is 5.65. The molecule has 1 nitrogen and oxygen atoms in total. The molecule has 0 aromatic rings. The fraction of sp³-hybridized carbons (Fsp3) is 1.00. The predicted molar refractivity (Wildman–Crippen MR) is 48.3 cm³/mol. The maximum Gasteiger partial charge on any atom is 1.00 e. The largest absolute Gasteiger partial charge is 1.00 e. The maximum atomic E-state index is 5.65. The monoisotopic (exact) mass is 159 g/mol. The van der Waals surface area contributed by atoms with Crippen molar-refractivity contribution >= 4 is 9.52 Å². The van der Waals surface area contributed by atoms with Gasteiger partial charge in [0.25, 0.3) is 0 Å². The molecule has 0 radical (unpaired) electrons. The Kier molecular flexibility index (Phi) is 3.42. The molecule has 1 heterocycles. The van der Waals surface area contributed by atoms with Crippen molar-refractivity contribution in [3.05, 3.63) is 0 Å². The molecule has 1 atom stereocenters. The van der Waals surface area contributed by atoms with Crippen molar-refractivity contribution in [2.24, 2.45) is 0 Å². The number of rotatable bonds is 2. The molecule has 60 valence electrons. The van der Waals surface area contributed by atoms with E-state index in [2.05, 4.69) is 13.8 Å². The molecule has 0 N–H and O–H groups in total. The first kappa shape index (κ1) is 8.28. The van der Waals surface area contributed by atoms with Crippen molar-refractivity contribution in [3.8, 4) is 0 Å². The van der Waals surface area contributed by atoms with Gasteiger partial charge in [-0.3, -0.25) is 0 Å². The van der Waals surface area contributed by atoms with E-state index in [9.17, 15) is 0 Å². The summed E-state index contributed by atoms with van der Waals surface area (Å²) in [6.07, 6.45) is 4.05. The Hall–Kier alpha value is 0.177. The Morgan fingerprint density at radius 2 is 2.30 bits per heavy atom. The Morgan fingerprint density at radius 3 is 2.80 bits per heavy atom. The average molecular weight is 159 g/mol. The quantitative estimate of drug-likeness (QED) is 0.556. The first-order chi connectivity index (χ1) is 4.79. The highest BCUT2D eigenvalue weighted by atomic mass is 28.2. The van der Waals surface area contributed by atoms with E-state index < -0.39 is 0 Å². The van der Waals surface area contributed by atoms with Crippen LogP contribution in [0.2, 0.25) is 5.54 Å². The van der Waals surface area contributed by atoms with Gasteiger partial charge in [0.15, 0.2) is 0 Å². The van der Waals surface area contributed by atoms with E-state index in [0.29, 0.717) is 5.73 Å². The van der Waals surface area contributed by atoms with Gasteiger partial charge in [-0.15, -0.1) is 0 Å². The molecule has 1 fully saturated rings. The minimum Gasteiger partial charge on any atom is -0.382 e. The molecular formula is C8H19OSi+. The van der Waals surface area contributed by atoms with Gasteiger partial charge in [-0.1, -0.05) is 19.4 Å². The van der Waals surface area contributed by atoms with Crippen LogP contribution in [0.25, 0.3) is 0 Å².